The topological polar surface area (TPSA) is 42.4 Å². The fraction of sp³-hybridized carbons (Fsp3) is 0.647. The number of thioether (sulfide) groups is 1. The molecule has 4 nitrogen and oxygen atoms in total. The summed E-state index contributed by atoms with van der Waals surface area (Å²) in [4.78, 5) is 18.3. The van der Waals surface area contributed by atoms with Gasteiger partial charge in [0.2, 0.25) is 5.91 Å². The molecule has 0 aromatic carbocycles. The molecule has 22 heavy (non-hydrogen) atoms. The lowest BCUT2D eigenvalue weighted by molar-refractivity contribution is -0.138. The van der Waals surface area contributed by atoms with Gasteiger partial charge in [-0.3, -0.25) is 9.78 Å². The molecule has 1 aliphatic carbocycles. The van der Waals surface area contributed by atoms with Crippen LogP contribution in [0, 0.1) is 11.8 Å². The van der Waals surface area contributed by atoms with Crippen LogP contribution in [0.2, 0.25) is 0 Å². The third-order valence-corrected chi connectivity index (χ3v) is 6.68. The number of pyridine rings is 1. The first-order valence-electron chi connectivity index (χ1n) is 8.08. The summed E-state index contributed by atoms with van der Waals surface area (Å²) in [5.74, 6) is 2.37. The Morgan fingerprint density at radius 1 is 1.45 bits per heavy atom. The number of nitrogens with zero attached hydrogens (tertiary/aromatic N) is 2. The second-order valence-corrected chi connectivity index (χ2v) is 8.49. The van der Waals surface area contributed by atoms with E-state index in [4.69, 9.17) is 4.74 Å². The lowest BCUT2D eigenvalue weighted by Gasteiger charge is -2.47. The van der Waals surface area contributed by atoms with Gasteiger partial charge in [-0.1, -0.05) is 6.92 Å². The van der Waals surface area contributed by atoms with Crippen LogP contribution in [-0.2, 0) is 16.1 Å². The number of hydrogen-bond acceptors (Lipinski definition) is 4. The van der Waals surface area contributed by atoms with Crippen molar-refractivity contribution in [2.45, 2.75) is 37.2 Å². The highest BCUT2D eigenvalue weighted by Gasteiger charge is 2.53. The van der Waals surface area contributed by atoms with E-state index < -0.39 is 0 Å². The fourth-order valence-corrected chi connectivity index (χ4v) is 5.08. The molecule has 0 unspecified atom stereocenters. The molecule has 3 heterocycles. The monoisotopic (exact) mass is 318 g/mol. The molecule has 1 spiro atoms. The summed E-state index contributed by atoms with van der Waals surface area (Å²) in [7, 11) is 0. The highest BCUT2D eigenvalue weighted by atomic mass is 32.2. The van der Waals surface area contributed by atoms with Gasteiger partial charge < -0.3 is 9.64 Å². The molecule has 2 saturated heterocycles. The summed E-state index contributed by atoms with van der Waals surface area (Å²) in [6.07, 6.45) is 6.09. The molecule has 0 radical (unpaired) electrons. The van der Waals surface area contributed by atoms with Crippen molar-refractivity contribution in [1.82, 2.24) is 9.88 Å². The Balaban J connectivity index is 1.24. The molecule has 1 aromatic rings. The Morgan fingerprint density at radius 3 is 2.86 bits per heavy atom. The number of ether oxygens (including phenoxy) is 1. The van der Waals surface area contributed by atoms with Crippen LogP contribution in [0.3, 0.4) is 0 Å². The van der Waals surface area contributed by atoms with E-state index in [1.807, 2.05) is 23.9 Å². The zero-order valence-corrected chi connectivity index (χ0v) is 13.7. The van der Waals surface area contributed by atoms with Gasteiger partial charge >= 0.3 is 0 Å². The molecule has 1 aromatic heterocycles. The fourth-order valence-electron chi connectivity index (χ4n) is 3.53. The molecule has 0 N–H and O–H groups in total. The molecule has 1 amide bonds. The number of carbonyl (C=O) groups excluding carboxylic acids is 1. The van der Waals surface area contributed by atoms with Crippen molar-refractivity contribution in [1.29, 1.82) is 0 Å². The van der Waals surface area contributed by atoms with E-state index in [0.717, 1.165) is 31.7 Å². The maximum absolute atomic E-state index is 12.2. The highest BCUT2D eigenvalue weighted by molar-refractivity contribution is 8.01. The van der Waals surface area contributed by atoms with Crippen LogP contribution in [0.15, 0.2) is 24.5 Å². The summed E-state index contributed by atoms with van der Waals surface area (Å²) in [5, 5.41) is 0. The average molecular weight is 318 g/mol. The van der Waals surface area contributed by atoms with Gasteiger partial charge in [-0.15, -0.1) is 11.8 Å². The Morgan fingerprint density at radius 2 is 2.18 bits per heavy atom. The van der Waals surface area contributed by atoms with E-state index in [9.17, 15) is 4.79 Å². The van der Waals surface area contributed by atoms with Crippen LogP contribution in [-0.4, -0.2) is 45.5 Å². The minimum atomic E-state index is 0.275. The first-order chi connectivity index (χ1) is 10.7. The van der Waals surface area contributed by atoms with Crippen molar-refractivity contribution in [3.05, 3.63) is 30.1 Å². The predicted molar refractivity (Wildman–Crippen MR) is 86.5 cm³/mol. The van der Waals surface area contributed by atoms with E-state index in [-0.39, 0.29) is 4.75 Å². The molecule has 5 heteroatoms. The number of likely N-dealkylation sites (tertiary alicyclic amines) is 1. The Kier molecular flexibility index (Phi) is 3.65. The van der Waals surface area contributed by atoms with Crippen molar-refractivity contribution in [3.63, 3.8) is 0 Å². The lowest BCUT2D eigenvalue weighted by Crippen LogP contribution is -2.61. The van der Waals surface area contributed by atoms with Gasteiger partial charge in [-0.2, -0.15) is 0 Å². The maximum atomic E-state index is 12.2. The van der Waals surface area contributed by atoms with Crippen LogP contribution in [0.5, 0.6) is 0 Å². The third kappa shape index (κ3) is 2.76. The summed E-state index contributed by atoms with van der Waals surface area (Å²) in [6, 6.07) is 4.00. The first kappa shape index (κ1) is 14.5. The maximum Gasteiger partial charge on any atom is 0.226 e. The van der Waals surface area contributed by atoms with Gasteiger partial charge in [-0.05, 0) is 36.5 Å². The molecular formula is C17H22N2O2S. The van der Waals surface area contributed by atoms with Crippen molar-refractivity contribution in [2.24, 2.45) is 11.8 Å². The van der Waals surface area contributed by atoms with Crippen molar-refractivity contribution in [3.8, 4) is 0 Å². The van der Waals surface area contributed by atoms with Gasteiger partial charge in [0.05, 0.1) is 17.5 Å². The van der Waals surface area contributed by atoms with E-state index in [2.05, 4.69) is 16.8 Å². The minimum Gasteiger partial charge on any atom is -0.373 e. The first-order valence-corrected chi connectivity index (χ1v) is 9.07. The number of rotatable bonds is 4. The summed E-state index contributed by atoms with van der Waals surface area (Å²) < 4.78 is 6.32. The minimum absolute atomic E-state index is 0.275. The second-order valence-electron chi connectivity index (χ2n) is 7.00. The van der Waals surface area contributed by atoms with E-state index >= 15 is 0 Å². The van der Waals surface area contributed by atoms with Gasteiger partial charge in [0.25, 0.3) is 0 Å². The van der Waals surface area contributed by atoms with Crippen molar-refractivity contribution in [2.75, 3.05) is 18.8 Å². The SMILES string of the molecule is C[C@@H]1C[C@H]1C(=O)N1CC2(C[C@H](OCc3ccncc3)CS2)C1. The average Bonchev–Trinajstić information content (AvgIpc) is 3.08. The summed E-state index contributed by atoms with van der Waals surface area (Å²) in [5.41, 5.74) is 1.18. The molecule has 1 saturated carbocycles. The zero-order chi connectivity index (χ0) is 15.2. The second kappa shape index (κ2) is 5.53. The smallest absolute Gasteiger partial charge is 0.226 e. The number of amides is 1. The van der Waals surface area contributed by atoms with E-state index in [0.29, 0.717) is 30.5 Å². The summed E-state index contributed by atoms with van der Waals surface area (Å²) >= 11 is 2.00. The number of hydrogen-bond donors (Lipinski definition) is 0. The van der Waals surface area contributed by atoms with Gasteiger partial charge in [0.15, 0.2) is 0 Å². The Labute approximate surface area is 135 Å². The number of aromatic nitrogens is 1. The summed E-state index contributed by atoms with van der Waals surface area (Å²) in [6.45, 7) is 4.68. The van der Waals surface area contributed by atoms with Gasteiger partial charge in [0, 0.05) is 37.2 Å². The molecule has 2 aliphatic heterocycles. The van der Waals surface area contributed by atoms with Crippen LogP contribution in [0.4, 0.5) is 0 Å². The Hall–Kier alpha value is -1.07. The molecule has 3 aliphatic rings. The highest BCUT2D eigenvalue weighted by Crippen LogP contribution is 2.48. The normalized spacial score (nSPS) is 32.0. The van der Waals surface area contributed by atoms with Crippen LogP contribution in [0.25, 0.3) is 0 Å². The standard InChI is InChI=1S/C17H22N2O2S/c1-12-6-15(12)16(20)19-10-17(11-19)7-14(9-22-17)21-8-13-2-4-18-5-3-13/h2-5,12,14-15H,6-11H2,1H3/t12-,14+,15-/m1/s1. The van der Waals surface area contributed by atoms with Crippen LogP contribution in [0.1, 0.15) is 25.3 Å². The van der Waals surface area contributed by atoms with Crippen molar-refractivity contribution >= 4 is 17.7 Å². The van der Waals surface area contributed by atoms with Gasteiger partial charge in [-0.25, -0.2) is 0 Å². The van der Waals surface area contributed by atoms with E-state index in [1.165, 1.54) is 5.56 Å². The third-order valence-electron chi connectivity index (χ3n) is 5.11. The van der Waals surface area contributed by atoms with E-state index in [1.54, 1.807) is 12.4 Å². The van der Waals surface area contributed by atoms with Gasteiger partial charge in [0.1, 0.15) is 0 Å². The Bertz CT molecular complexity index is 559. The van der Waals surface area contributed by atoms with Crippen molar-refractivity contribution < 1.29 is 9.53 Å². The zero-order valence-electron chi connectivity index (χ0n) is 12.9. The molecular weight excluding hydrogens is 296 g/mol. The van der Waals surface area contributed by atoms with Crippen LogP contribution < -0.4 is 0 Å². The predicted octanol–water partition coefficient (Wildman–Crippen LogP) is 2.34. The largest absolute Gasteiger partial charge is 0.373 e. The lowest BCUT2D eigenvalue weighted by atomic mass is 9.92. The molecule has 118 valence electrons. The van der Waals surface area contributed by atoms with Crippen LogP contribution >= 0.6 is 11.8 Å². The number of carbonyl (C=O) groups is 1. The quantitative estimate of drug-likeness (QED) is 0.854. The molecule has 0 bridgehead atoms. The molecule has 3 fully saturated rings. The molecule has 3 atom stereocenters. The molecule has 4 rings (SSSR count).